The molecule has 0 fully saturated rings. The minimum absolute atomic E-state index is 0.761. The Labute approximate surface area is 169 Å². The third-order valence-electron chi connectivity index (χ3n) is 5.54. The van der Waals surface area contributed by atoms with Crippen LogP contribution in [-0.4, -0.2) is 55.1 Å². The molecule has 0 amide bonds. The normalized spacial score (nSPS) is 13.9. The molecule has 0 saturated carbocycles. The van der Waals surface area contributed by atoms with Gasteiger partial charge in [0.15, 0.2) is 5.82 Å². The van der Waals surface area contributed by atoms with Gasteiger partial charge in [-0.1, -0.05) is 6.92 Å². The van der Waals surface area contributed by atoms with Gasteiger partial charge >= 0.3 is 0 Å². The van der Waals surface area contributed by atoms with Gasteiger partial charge in [-0.2, -0.15) is 5.10 Å². The van der Waals surface area contributed by atoms with Crippen molar-refractivity contribution in [3.8, 4) is 5.75 Å². The zero-order valence-corrected chi connectivity index (χ0v) is 18.0. The molecule has 6 heteroatoms. The molecule has 0 N–H and O–H groups in total. The van der Waals surface area contributed by atoms with Crippen molar-refractivity contribution >= 4 is 11.5 Å². The van der Waals surface area contributed by atoms with Crippen molar-refractivity contribution in [1.29, 1.82) is 0 Å². The van der Waals surface area contributed by atoms with Crippen LogP contribution in [0.25, 0.3) is 0 Å². The smallest absolute Gasteiger partial charge is 0.158 e. The van der Waals surface area contributed by atoms with Gasteiger partial charge in [0.2, 0.25) is 0 Å². The first-order chi connectivity index (χ1) is 13.6. The van der Waals surface area contributed by atoms with E-state index in [1.807, 2.05) is 6.07 Å². The Morgan fingerprint density at radius 3 is 2.71 bits per heavy atom. The van der Waals surface area contributed by atoms with Crippen molar-refractivity contribution in [2.75, 3.05) is 45.4 Å². The quantitative estimate of drug-likeness (QED) is 0.658. The molecule has 1 aromatic heterocycles. The van der Waals surface area contributed by atoms with Crippen LogP contribution in [0.4, 0.5) is 11.5 Å². The highest BCUT2D eigenvalue weighted by atomic mass is 16.5. The van der Waals surface area contributed by atoms with Crippen LogP contribution in [0.5, 0.6) is 5.75 Å². The summed E-state index contributed by atoms with van der Waals surface area (Å²) in [7, 11) is 5.56. The van der Waals surface area contributed by atoms with Gasteiger partial charge in [0, 0.05) is 45.0 Å². The molecule has 0 radical (unpaired) electrons. The minimum atomic E-state index is 0.761. The number of ether oxygens (including phenoxy) is 2. The summed E-state index contributed by atoms with van der Waals surface area (Å²) in [6.07, 6.45) is 3.37. The first-order valence-electron chi connectivity index (χ1n) is 10.3. The Bertz CT molecular complexity index is 787. The molecule has 1 aliphatic heterocycles. The molecule has 0 unspecified atom stereocenters. The van der Waals surface area contributed by atoms with Gasteiger partial charge in [-0.3, -0.25) is 9.58 Å². The van der Waals surface area contributed by atoms with Gasteiger partial charge in [-0.05, 0) is 56.5 Å². The third-order valence-corrected chi connectivity index (χ3v) is 5.54. The van der Waals surface area contributed by atoms with Crippen molar-refractivity contribution in [2.24, 2.45) is 7.05 Å². The Morgan fingerprint density at radius 2 is 2.04 bits per heavy atom. The first kappa shape index (κ1) is 20.7. The van der Waals surface area contributed by atoms with E-state index >= 15 is 0 Å². The highest BCUT2D eigenvalue weighted by Gasteiger charge is 2.27. The lowest BCUT2D eigenvalue weighted by Gasteiger charge is -2.30. The molecule has 0 aliphatic carbocycles. The van der Waals surface area contributed by atoms with Crippen LogP contribution in [-0.2, 0) is 24.8 Å². The van der Waals surface area contributed by atoms with Gasteiger partial charge in [-0.25, -0.2) is 0 Å². The van der Waals surface area contributed by atoms with Crippen molar-refractivity contribution in [3.05, 3.63) is 35.0 Å². The van der Waals surface area contributed by atoms with E-state index in [1.165, 1.54) is 22.5 Å². The van der Waals surface area contributed by atoms with Crippen LogP contribution in [0.3, 0.4) is 0 Å². The Hall–Kier alpha value is -2.05. The van der Waals surface area contributed by atoms with E-state index in [0.717, 1.165) is 63.6 Å². The number of aromatic nitrogens is 2. The fraction of sp³-hybridized carbons (Fsp3) is 0.591. The SMILES string of the molecule is CCCN(CCOC)Cc1c2c(nn1C)N(c1ccc(OC)cc1C)CCC2. The number of benzene rings is 1. The van der Waals surface area contributed by atoms with E-state index in [-0.39, 0.29) is 0 Å². The lowest BCUT2D eigenvalue weighted by molar-refractivity contribution is 0.142. The van der Waals surface area contributed by atoms with Crippen LogP contribution in [0.15, 0.2) is 18.2 Å². The van der Waals surface area contributed by atoms with Crippen molar-refractivity contribution in [1.82, 2.24) is 14.7 Å². The van der Waals surface area contributed by atoms with Gasteiger partial charge in [0.05, 0.1) is 19.4 Å². The zero-order chi connectivity index (χ0) is 20.1. The number of hydrogen-bond donors (Lipinski definition) is 0. The predicted molar refractivity (Wildman–Crippen MR) is 114 cm³/mol. The van der Waals surface area contributed by atoms with Gasteiger partial charge in [0.25, 0.3) is 0 Å². The number of nitrogens with zero attached hydrogens (tertiary/aromatic N) is 4. The molecule has 0 bridgehead atoms. The monoisotopic (exact) mass is 386 g/mol. The van der Waals surface area contributed by atoms with Crippen LogP contribution in [0.1, 0.15) is 36.6 Å². The lowest BCUT2D eigenvalue weighted by atomic mass is 10.0. The predicted octanol–water partition coefficient (Wildman–Crippen LogP) is 3.68. The minimum Gasteiger partial charge on any atom is -0.497 e. The van der Waals surface area contributed by atoms with Gasteiger partial charge in [-0.15, -0.1) is 0 Å². The fourth-order valence-electron chi connectivity index (χ4n) is 4.09. The fourth-order valence-corrected chi connectivity index (χ4v) is 4.09. The van der Waals surface area contributed by atoms with Gasteiger partial charge < -0.3 is 14.4 Å². The number of fused-ring (bicyclic) bond motifs is 1. The second kappa shape index (κ2) is 9.43. The van der Waals surface area contributed by atoms with Crippen LogP contribution < -0.4 is 9.64 Å². The summed E-state index contributed by atoms with van der Waals surface area (Å²) in [6, 6.07) is 6.29. The molecule has 2 heterocycles. The maximum absolute atomic E-state index is 5.37. The molecule has 1 aliphatic rings. The molecule has 28 heavy (non-hydrogen) atoms. The maximum Gasteiger partial charge on any atom is 0.158 e. The third kappa shape index (κ3) is 4.33. The Kier molecular flexibility index (Phi) is 6.97. The van der Waals surface area contributed by atoms with Crippen LogP contribution in [0, 0.1) is 6.92 Å². The Balaban J connectivity index is 1.90. The molecule has 0 saturated heterocycles. The summed E-state index contributed by atoms with van der Waals surface area (Å²) in [5.74, 6) is 2.01. The standard InChI is InChI=1S/C22H34N4O2/c1-6-11-25(13-14-27-4)16-21-19-8-7-12-26(22(19)23-24(21)3)20-10-9-18(28-5)15-17(20)2/h9-10,15H,6-8,11-14,16H2,1-5H3. The summed E-state index contributed by atoms with van der Waals surface area (Å²) >= 11 is 0. The largest absolute Gasteiger partial charge is 0.497 e. The number of rotatable bonds is 9. The average molecular weight is 387 g/mol. The summed E-state index contributed by atoms with van der Waals surface area (Å²) < 4.78 is 12.8. The molecule has 6 nitrogen and oxygen atoms in total. The van der Waals surface area contributed by atoms with Gasteiger partial charge in [0.1, 0.15) is 5.75 Å². The summed E-state index contributed by atoms with van der Waals surface area (Å²) in [4.78, 5) is 4.84. The molecule has 154 valence electrons. The highest BCUT2D eigenvalue weighted by molar-refractivity contribution is 5.68. The second-order valence-electron chi connectivity index (χ2n) is 7.55. The van der Waals surface area contributed by atoms with E-state index < -0.39 is 0 Å². The van der Waals surface area contributed by atoms with Crippen LogP contribution >= 0.6 is 0 Å². The van der Waals surface area contributed by atoms with E-state index in [2.05, 4.69) is 47.5 Å². The number of hydrogen-bond acceptors (Lipinski definition) is 5. The average Bonchev–Trinajstić information content (AvgIpc) is 3.01. The molecule has 3 rings (SSSR count). The molecule has 0 atom stereocenters. The molecule has 0 spiro atoms. The zero-order valence-electron chi connectivity index (χ0n) is 18.0. The van der Waals surface area contributed by atoms with Crippen molar-refractivity contribution < 1.29 is 9.47 Å². The van der Waals surface area contributed by atoms with E-state index in [9.17, 15) is 0 Å². The van der Waals surface area contributed by atoms with Crippen molar-refractivity contribution in [3.63, 3.8) is 0 Å². The molecule has 1 aromatic carbocycles. The van der Waals surface area contributed by atoms with E-state index in [1.54, 1.807) is 14.2 Å². The summed E-state index contributed by atoms with van der Waals surface area (Å²) in [6.45, 7) is 9.08. The number of methoxy groups -OCH3 is 2. The lowest BCUT2D eigenvalue weighted by Crippen LogP contribution is -2.30. The second-order valence-corrected chi connectivity index (χ2v) is 7.55. The van der Waals surface area contributed by atoms with E-state index in [4.69, 9.17) is 14.6 Å². The summed E-state index contributed by atoms with van der Waals surface area (Å²) in [5, 5.41) is 4.94. The first-order valence-corrected chi connectivity index (χ1v) is 10.3. The topological polar surface area (TPSA) is 42.8 Å². The molecular weight excluding hydrogens is 352 g/mol. The van der Waals surface area contributed by atoms with Crippen molar-refractivity contribution in [2.45, 2.75) is 39.7 Å². The molecule has 2 aromatic rings. The number of anilines is 2. The Morgan fingerprint density at radius 1 is 1.21 bits per heavy atom. The maximum atomic E-state index is 5.37. The highest BCUT2D eigenvalue weighted by Crippen LogP contribution is 2.37. The van der Waals surface area contributed by atoms with E-state index in [0.29, 0.717) is 0 Å². The van der Waals surface area contributed by atoms with Crippen LogP contribution in [0.2, 0.25) is 0 Å². The molecular formula is C22H34N4O2. The summed E-state index contributed by atoms with van der Waals surface area (Å²) in [5.41, 5.74) is 5.15. The number of aryl methyl sites for hydroxylation is 2.